The fraction of sp³-hybridized carbons (Fsp3) is 0.512. The van der Waals surface area contributed by atoms with Gasteiger partial charge in [0.25, 0.3) is 0 Å². The van der Waals surface area contributed by atoms with Crippen LogP contribution in [0.5, 0.6) is 23.0 Å². The first-order valence-corrected chi connectivity index (χ1v) is 38.7. The first kappa shape index (κ1) is 97.0. The van der Waals surface area contributed by atoms with E-state index in [0.29, 0.717) is 196 Å². The Balaban J connectivity index is 1.29. The average Bonchev–Trinajstić information content (AvgIpc) is 0.800. The Morgan fingerprint density at radius 1 is 0.252 bits per heavy atom. The standard InChI is InChI=1S/C86H120N2O27/c1-93-31-36-99-37-38-100-39-40-101-41-42-102-43-44-103-45-46-104-47-48-105-49-50-106-51-52-107-53-54-108-55-60-115-86(92)78-64-72(80(85(91)114-59-35-97-5)62-70(78)18-12-68-15-25-76(26-16-68)110-30-10-8-28-88)20-22-74-65-81(98-6)73(66-82(74)111-56-32-94-2)21-19-71-63-77(83(89)112-57-33-95-3)69(61-79(71)84(90)113-58-34-96-4)17-11-67-13-23-75(24-14-67)109-29-9-7-27-87/h11-26,61-66H,7-10,27-60,87-88H2,1-6H3/b17-11+,18-12+,21-19+,22-20+. The zero-order valence-corrected chi connectivity index (χ0v) is 67.7. The molecule has 0 atom stereocenters. The molecule has 0 saturated carbocycles. The SMILES string of the molecule is COCCOCCOCCOCCOCCOCCOCCOCCOCCOCCOCCOC(=O)c1cc(/C=C/c2cc(OC)c(/C=C/c3cc(C(=O)OCCOC)c(/C=C/c4ccc(OCCCCN)cc4)cc3C(=O)OCCOC)cc2OCCOC)c(C(=O)OCCOC)cc1/C=C/c1ccc(OCCCCN)cc1. The van der Waals surface area contributed by atoms with Gasteiger partial charge < -0.3 is 120 Å². The van der Waals surface area contributed by atoms with Crippen molar-refractivity contribution in [2.45, 2.75) is 25.7 Å². The van der Waals surface area contributed by atoms with Gasteiger partial charge in [0.05, 0.1) is 208 Å². The Bertz CT molecular complexity index is 3590. The third-order valence-electron chi connectivity index (χ3n) is 16.3. The first-order valence-electron chi connectivity index (χ1n) is 38.7. The minimum Gasteiger partial charge on any atom is -0.496 e. The van der Waals surface area contributed by atoms with Crippen molar-refractivity contribution < 1.29 is 128 Å². The fourth-order valence-corrected chi connectivity index (χ4v) is 10.2. The Kier molecular flexibility index (Phi) is 53.7. The highest BCUT2D eigenvalue weighted by Crippen LogP contribution is 2.34. The maximum Gasteiger partial charge on any atom is 0.338 e. The molecular formula is C86H120N2O27. The molecule has 0 aliphatic rings. The largest absolute Gasteiger partial charge is 0.496 e. The number of esters is 4. The van der Waals surface area contributed by atoms with E-state index in [2.05, 4.69) is 0 Å². The number of carbonyl (C=O) groups excluding carboxylic acids is 4. The van der Waals surface area contributed by atoms with E-state index in [4.69, 9.17) is 120 Å². The highest BCUT2D eigenvalue weighted by atomic mass is 16.6. The van der Waals surface area contributed by atoms with Crippen LogP contribution in [-0.2, 0) is 90.0 Å². The van der Waals surface area contributed by atoms with Crippen molar-refractivity contribution in [3.05, 3.63) is 152 Å². The van der Waals surface area contributed by atoms with Crippen LogP contribution in [0.3, 0.4) is 0 Å². The van der Waals surface area contributed by atoms with Crippen molar-refractivity contribution in [1.82, 2.24) is 0 Å². The lowest BCUT2D eigenvalue weighted by molar-refractivity contribution is -0.0276. The van der Waals surface area contributed by atoms with Gasteiger partial charge in [-0.15, -0.1) is 0 Å². The Morgan fingerprint density at radius 3 is 0.791 bits per heavy atom. The van der Waals surface area contributed by atoms with E-state index in [-0.39, 0.29) is 107 Å². The zero-order chi connectivity index (χ0) is 82.2. The van der Waals surface area contributed by atoms with Gasteiger partial charge in [-0.25, -0.2) is 19.2 Å². The summed E-state index contributed by atoms with van der Waals surface area (Å²) in [5, 5.41) is 0. The molecule has 4 N–H and O–H groups in total. The fourth-order valence-electron chi connectivity index (χ4n) is 10.2. The number of unbranched alkanes of at least 4 members (excludes halogenated alkanes) is 2. The van der Waals surface area contributed by atoms with Gasteiger partial charge in [0.2, 0.25) is 0 Å². The third kappa shape index (κ3) is 41.7. The molecule has 0 aliphatic heterocycles. The summed E-state index contributed by atoms with van der Waals surface area (Å²) in [4.78, 5) is 56.8. The van der Waals surface area contributed by atoms with Gasteiger partial charge in [-0.2, -0.15) is 0 Å². The number of hydrogen-bond donors (Lipinski definition) is 2. The van der Waals surface area contributed by atoms with Gasteiger partial charge in [0, 0.05) is 46.7 Å². The van der Waals surface area contributed by atoms with E-state index in [1.807, 2.05) is 54.6 Å². The van der Waals surface area contributed by atoms with Crippen molar-refractivity contribution in [1.29, 1.82) is 0 Å². The molecule has 0 heterocycles. The van der Waals surface area contributed by atoms with Crippen LogP contribution >= 0.6 is 0 Å². The van der Waals surface area contributed by atoms with Crippen LogP contribution in [0.15, 0.2) is 84.9 Å². The molecular weight excluding hydrogens is 1490 g/mol. The Labute approximate surface area is 676 Å². The Morgan fingerprint density at radius 2 is 0.496 bits per heavy atom. The minimum absolute atomic E-state index is 0.0336. The summed E-state index contributed by atoms with van der Waals surface area (Å²) < 4.78 is 129. The zero-order valence-electron chi connectivity index (χ0n) is 67.7. The molecule has 0 saturated heterocycles. The van der Waals surface area contributed by atoms with Gasteiger partial charge in [-0.1, -0.05) is 72.9 Å². The summed E-state index contributed by atoms with van der Waals surface area (Å²) in [6, 6.07) is 24.6. The second-order valence-corrected chi connectivity index (χ2v) is 24.8. The van der Waals surface area contributed by atoms with Crippen LogP contribution in [0, 0.1) is 0 Å². The molecule has 0 aliphatic carbocycles. The molecule has 115 heavy (non-hydrogen) atoms. The highest BCUT2D eigenvalue weighted by Gasteiger charge is 2.23. The first-order chi connectivity index (χ1) is 56.5. The highest BCUT2D eigenvalue weighted by molar-refractivity contribution is 6.03. The lowest BCUT2D eigenvalue weighted by atomic mass is 9.95. The lowest BCUT2D eigenvalue weighted by Gasteiger charge is -2.15. The molecule has 5 aromatic carbocycles. The van der Waals surface area contributed by atoms with E-state index in [1.54, 1.807) is 93.1 Å². The topological polar surface area (TPSA) is 333 Å². The predicted molar refractivity (Wildman–Crippen MR) is 436 cm³/mol. The van der Waals surface area contributed by atoms with Crippen LogP contribution < -0.4 is 30.4 Å². The molecule has 5 aromatic rings. The molecule has 0 fully saturated rings. The maximum atomic E-state index is 14.4. The van der Waals surface area contributed by atoms with Gasteiger partial charge in [-0.3, -0.25) is 0 Å². The van der Waals surface area contributed by atoms with E-state index < -0.39 is 23.9 Å². The maximum absolute atomic E-state index is 14.4. The molecule has 0 amide bonds. The molecule has 0 spiro atoms. The summed E-state index contributed by atoms with van der Waals surface area (Å²) in [6.45, 7) is 11.4. The molecule has 0 radical (unpaired) electrons. The van der Waals surface area contributed by atoms with Crippen LogP contribution in [0.1, 0.15) is 112 Å². The molecule has 5 rings (SSSR count). The molecule has 0 aromatic heterocycles. The second-order valence-electron chi connectivity index (χ2n) is 24.8. The van der Waals surface area contributed by atoms with E-state index in [9.17, 15) is 19.2 Å². The molecule has 0 unspecified atom stereocenters. The molecule has 636 valence electrons. The summed E-state index contributed by atoms with van der Waals surface area (Å²) in [5.74, 6) is -0.652. The summed E-state index contributed by atoms with van der Waals surface area (Å²) in [5.41, 5.74) is 15.7. The van der Waals surface area contributed by atoms with E-state index >= 15 is 0 Å². The van der Waals surface area contributed by atoms with Crippen molar-refractivity contribution in [2.75, 3.05) is 267 Å². The number of ether oxygens (including phenoxy) is 23. The van der Waals surface area contributed by atoms with Gasteiger partial charge in [-0.05, 0) is 133 Å². The number of methoxy groups -OCH3 is 6. The Hall–Kier alpha value is -8.54. The van der Waals surface area contributed by atoms with E-state index in [0.717, 1.165) is 36.8 Å². The smallest absolute Gasteiger partial charge is 0.338 e. The number of hydrogen-bond acceptors (Lipinski definition) is 29. The van der Waals surface area contributed by atoms with Crippen molar-refractivity contribution >= 4 is 72.5 Å². The van der Waals surface area contributed by atoms with Crippen LogP contribution in [0.25, 0.3) is 48.6 Å². The number of carbonyl (C=O) groups is 4. The molecule has 0 bridgehead atoms. The van der Waals surface area contributed by atoms with Crippen LogP contribution in [0.2, 0.25) is 0 Å². The van der Waals surface area contributed by atoms with Crippen molar-refractivity contribution in [2.24, 2.45) is 11.5 Å². The number of nitrogens with two attached hydrogens (primary N) is 2. The number of rotatable bonds is 69. The van der Waals surface area contributed by atoms with Gasteiger partial charge in [0.15, 0.2) is 0 Å². The van der Waals surface area contributed by atoms with E-state index in [1.165, 1.54) is 28.4 Å². The molecule has 29 heteroatoms. The van der Waals surface area contributed by atoms with Crippen molar-refractivity contribution in [3.63, 3.8) is 0 Å². The third-order valence-corrected chi connectivity index (χ3v) is 16.3. The number of benzene rings is 5. The summed E-state index contributed by atoms with van der Waals surface area (Å²) in [7, 11) is 9.16. The minimum atomic E-state index is -0.698. The van der Waals surface area contributed by atoms with Crippen LogP contribution in [0.4, 0.5) is 0 Å². The van der Waals surface area contributed by atoms with Gasteiger partial charge >= 0.3 is 23.9 Å². The second kappa shape index (κ2) is 63.7. The van der Waals surface area contributed by atoms with Gasteiger partial charge in [0.1, 0.15) is 56.0 Å². The average molecular weight is 1610 g/mol. The summed E-state index contributed by atoms with van der Waals surface area (Å²) in [6.07, 6.45) is 17.1. The summed E-state index contributed by atoms with van der Waals surface area (Å²) >= 11 is 0. The predicted octanol–water partition coefficient (Wildman–Crippen LogP) is 10.0. The van der Waals surface area contributed by atoms with Crippen molar-refractivity contribution in [3.8, 4) is 23.0 Å². The lowest BCUT2D eigenvalue weighted by Crippen LogP contribution is -2.16. The molecule has 29 nitrogen and oxygen atoms in total. The monoisotopic (exact) mass is 1610 g/mol. The quantitative estimate of drug-likeness (QED) is 0.0158. The van der Waals surface area contributed by atoms with Crippen LogP contribution in [-0.4, -0.2) is 291 Å². The normalized spacial score (nSPS) is 11.6.